The van der Waals surface area contributed by atoms with Gasteiger partial charge in [-0.1, -0.05) is 66.7 Å². The highest BCUT2D eigenvalue weighted by atomic mass is 19.1. The van der Waals surface area contributed by atoms with Gasteiger partial charge in [-0.3, -0.25) is 4.79 Å². The first kappa shape index (κ1) is 18.6. The Labute approximate surface area is 175 Å². The summed E-state index contributed by atoms with van der Waals surface area (Å²) in [6, 6.07) is 27.1. The molecular formula is C27H22FNO. The number of carbonyl (C=O) groups is 1. The first-order valence-corrected chi connectivity index (χ1v) is 10.2. The van der Waals surface area contributed by atoms with E-state index in [2.05, 4.69) is 37.3 Å². The van der Waals surface area contributed by atoms with E-state index in [0.717, 1.165) is 33.2 Å². The number of rotatable bonds is 3. The number of carbonyl (C=O) groups excluding carboxylic acids is 1. The molecule has 0 N–H and O–H groups in total. The molecule has 1 aliphatic heterocycles. The summed E-state index contributed by atoms with van der Waals surface area (Å²) < 4.78 is 14.0. The van der Waals surface area contributed by atoms with Crippen LogP contribution in [0.3, 0.4) is 0 Å². The maximum atomic E-state index is 14.0. The predicted molar refractivity (Wildman–Crippen MR) is 119 cm³/mol. The number of anilines is 1. The quantitative estimate of drug-likeness (QED) is 0.395. The van der Waals surface area contributed by atoms with Crippen LogP contribution in [-0.2, 0) is 11.3 Å². The van der Waals surface area contributed by atoms with Gasteiger partial charge in [-0.25, -0.2) is 4.39 Å². The van der Waals surface area contributed by atoms with Crippen molar-refractivity contribution in [1.29, 1.82) is 0 Å². The number of amides is 1. The van der Waals surface area contributed by atoms with Crippen molar-refractivity contribution in [3.63, 3.8) is 0 Å². The lowest BCUT2D eigenvalue weighted by Gasteiger charge is -2.35. The van der Waals surface area contributed by atoms with Gasteiger partial charge in [-0.05, 0) is 58.1 Å². The molecule has 1 amide bonds. The molecule has 0 aliphatic carbocycles. The van der Waals surface area contributed by atoms with Crippen molar-refractivity contribution in [2.75, 3.05) is 4.90 Å². The summed E-state index contributed by atoms with van der Waals surface area (Å²) in [6.07, 6.45) is 0.330. The molecule has 0 aromatic heterocycles. The summed E-state index contributed by atoms with van der Waals surface area (Å²) in [5.41, 5.74) is 5.17. The van der Waals surface area contributed by atoms with Crippen LogP contribution in [0.25, 0.3) is 10.8 Å². The third kappa shape index (κ3) is 3.17. The molecule has 148 valence electrons. The maximum Gasteiger partial charge on any atom is 0.228 e. The van der Waals surface area contributed by atoms with Gasteiger partial charge in [-0.15, -0.1) is 0 Å². The van der Waals surface area contributed by atoms with Crippen LogP contribution in [0.15, 0.2) is 84.9 Å². The van der Waals surface area contributed by atoms with Gasteiger partial charge >= 0.3 is 0 Å². The van der Waals surface area contributed by atoms with Gasteiger partial charge in [0.15, 0.2) is 0 Å². The largest absolute Gasteiger partial charge is 0.308 e. The predicted octanol–water partition coefficient (Wildman–Crippen LogP) is 6.36. The summed E-state index contributed by atoms with van der Waals surface area (Å²) in [5.74, 6) is -0.373. The van der Waals surface area contributed by atoms with Crippen LogP contribution in [-0.4, -0.2) is 5.91 Å². The molecule has 2 nitrogen and oxygen atoms in total. The minimum Gasteiger partial charge on any atom is -0.308 e. The SMILES string of the molecule is Cc1ccccc1CN1C(=O)CC(c2cccc(F)c2)c2c1ccc1ccccc21. The molecule has 4 aromatic carbocycles. The second kappa shape index (κ2) is 7.42. The van der Waals surface area contributed by atoms with Crippen LogP contribution in [0.2, 0.25) is 0 Å². The number of nitrogens with zero attached hydrogens (tertiary/aromatic N) is 1. The van der Waals surface area contributed by atoms with E-state index in [4.69, 9.17) is 0 Å². The van der Waals surface area contributed by atoms with Crippen molar-refractivity contribution in [2.45, 2.75) is 25.8 Å². The lowest BCUT2D eigenvalue weighted by Crippen LogP contribution is -2.36. The van der Waals surface area contributed by atoms with Crippen molar-refractivity contribution in [1.82, 2.24) is 0 Å². The number of fused-ring (bicyclic) bond motifs is 3. The smallest absolute Gasteiger partial charge is 0.228 e. The average molecular weight is 395 g/mol. The Morgan fingerprint density at radius 2 is 1.73 bits per heavy atom. The van der Waals surface area contributed by atoms with Gasteiger partial charge in [0.25, 0.3) is 0 Å². The summed E-state index contributed by atoms with van der Waals surface area (Å²) in [6.45, 7) is 2.60. The van der Waals surface area contributed by atoms with E-state index < -0.39 is 0 Å². The number of hydrogen-bond donors (Lipinski definition) is 0. The molecule has 0 bridgehead atoms. The Balaban J connectivity index is 1.70. The van der Waals surface area contributed by atoms with Crippen molar-refractivity contribution < 1.29 is 9.18 Å². The standard InChI is InChI=1S/C27H22FNO/c1-18-7-2-3-9-21(18)17-29-25-14-13-19-8-4-5-12-23(19)27(25)24(16-26(29)30)20-10-6-11-22(28)15-20/h2-15,24H,16-17H2,1H3. The number of hydrogen-bond acceptors (Lipinski definition) is 1. The van der Waals surface area contributed by atoms with E-state index in [1.807, 2.05) is 41.3 Å². The molecule has 0 fully saturated rings. The fourth-order valence-corrected chi connectivity index (χ4v) is 4.55. The Morgan fingerprint density at radius 3 is 2.57 bits per heavy atom. The Hall–Kier alpha value is -3.46. The first-order valence-electron chi connectivity index (χ1n) is 10.2. The summed E-state index contributed by atoms with van der Waals surface area (Å²) in [5, 5.41) is 2.24. The lowest BCUT2D eigenvalue weighted by molar-refractivity contribution is -0.119. The Bertz CT molecular complexity index is 1260. The van der Waals surface area contributed by atoms with Gasteiger partial charge in [0.1, 0.15) is 5.82 Å². The van der Waals surface area contributed by atoms with Gasteiger partial charge in [0, 0.05) is 18.0 Å². The summed E-state index contributed by atoms with van der Waals surface area (Å²) in [7, 11) is 0. The Morgan fingerprint density at radius 1 is 0.933 bits per heavy atom. The topological polar surface area (TPSA) is 20.3 Å². The molecule has 1 unspecified atom stereocenters. The highest BCUT2D eigenvalue weighted by Crippen LogP contribution is 2.44. The molecule has 1 atom stereocenters. The van der Waals surface area contributed by atoms with E-state index >= 15 is 0 Å². The fraction of sp³-hybridized carbons (Fsp3) is 0.148. The van der Waals surface area contributed by atoms with Gasteiger partial charge in [0.05, 0.1) is 6.54 Å². The second-order valence-corrected chi connectivity index (χ2v) is 7.94. The molecule has 5 rings (SSSR count). The van der Waals surface area contributed by atoms with Gasteiger partial charge in [0.2, 0.25) is 5.91 Å². The molecule has 30 heavy (non-hydrogen) atoms. The third-order valence-corrected chi connectivity index (χ3v) is 6.11. The van der Waals surface area contributed by atoms with Gasteiger partial charge in [-0.2, -0.15) is 0 Å². The molecule has 0 saturated carbocycles. The maximum absolute atomic E-state index is 14.0. The van der Waals surface area contributed by atoms with Crippen LogP contribution in [0.1, 0.15) is 34.6 Å². The van der Waals surface area contributed by atoms with Crippen molar-refractivity contribution in [3.8, 4) is 0 Å². The van der Waals surface area contributed by atoms with Crippen molar-refractivity contribution in [2.24, 2.45) is 0 Å². The highest BCUT2D eigenvalue weighted by molar-refractivity contribution is 6.03. The zero-order valence-electron chi connectivity index (χ0n) is 16.8. The van der Waals surface area contributed by atoms with Crippen molar-refractivity contribution >= 4 is 22.4 Å². The number of benzene rings is 4. The third-order valence-electron chi connectivity index (χ3n) is 6.11. The van der Waals surface area contributed by atoms with Crippen LogP contribution in [0.4, 0.5) is 10.1 Å². The van der Waals surface area contributed by atoms with Crippen LogP contribution in [0, 0.1) is 12.7 Å². The molecule has 1 aliphatic rings. The molecule has 3 heteroatoms. The normalized spacial score (nSPS) is 16.0. The van der Waals surface area contributed by atoms with E-state index in [0.29, 0.717) is 13.0 Å². The minimum atomic E-state index is -0.274. The fourth-order valence-electron chi connectivity index (χ4n) is 4.55. The van der Waals surface area contributed by atoms with Crippen LogP contribution >= 0.6 is 0 Å². The lowest BCUT2D eigenvalue weighted by atomic mass is 9.81. The van der Waals surface area contributed by atoms with Crippen LogP contribution in [0.5, 0.6) is 0 Å². The molecule has 4 aromatic rings. The minimum absolute atomic E-state index is 0.0651. The Kier molecular flexibility index (Phi) is 4.59. The molecule has 0 radical (unpaired) electrons. The van der Waals surface area contributed by atoms with Crippen molar-refractivity contribution in [3.05, 3.63) is 113 Å². The monoisotopic (exact) mass is 395 g/mol. The molecule has 1 heterocycles. The van der Waals surface area contributed by atoms with Crippen LogP contribution < -0.4 is 4.90 Å². The first-order chi connectivity index (χ1) is 14.6. The average Bonchev–Trinajstić information content (AvgIpc) is 2.76. The molecule has 0 spiro atoms. The van der Waals surface area contributed by atoms with E-state index in [1.165, 1.54) is 11.6 Å². The zero-order chi connectivity index (χ0) is 20.7. The highest BCUT2D eigenvalue weighted by Gasteiger charge is 2.33. The van der Waals surface area contributed by atoms with Gasteiger partial charge < -0.3 is 4.90 Å². The summed E-state index contributed by atoms with van der Waals surface area (Å²) >= 11 is 0. The van der Waals surface area contributed by atoms with E-state index in [-0.39, 0.29) is 17.6 Å². The summed E-state index contributed by atoms with van der Waals surface area (Å²) in [4.78, 5) is 15.2. The second-order valence-electron chi connectivity index (χ2n) is 7.94. The number of aryl methyl sites for hydroxylation is 1. The van der Waals surface area contributed by atoms with E-state index in [1.54, 1.807) is 12.1 Å². The number of halogens is 1. The molecule has 0 saturated heterocycles. The molecular weight excluding hydrogens is 373 g/mol. The van der Waals surface area contributed by atoms with E-state index in [9.17, 15) is 9.18 Å². The zero-order valence-corrected chi connectivity index (χ0v) is 16.8.